The molecule has 0 amide bonds. The monoisotopic (exact) mass is 381 g/mol. The molecule has 3 rings (SSSR count). The van der Waals surface area contributed by atoms with Crippen LogP contribution in [0, 0.1) is 0 Å². The molecule has 0 spiro atoms. The number of benzene rings is 1. The largest absolute Gasteiger partial charge is 0.478 e. The van der Waals surface area contributed by atoms with Crippen molar-refractivity contribution < 1.29 is 23.9 Å². The molecule has 0 unspecified atom stereocenters. The fraction of sp³-hybridized carbons (Fsp3) is 0.375. The molecule has 23 heavy (non-hydrogen) atoms. The summed E-state index contributed by atoms with van der Waals surface area (Å²) < 4.78 is 17.4. The summed E-state index contributed by atoms with van der Waals surface area (Å²) in [4.78, 5) is 11.4. The molecule has 1 saturated heterocycles. The van der Waals surface area contributed by atoms with Gasteiger partial charge in [0, 0.05) is 11.1 Å². The summed E-state index contributed by atoms with van der Waals surface area (Å²) in [6.45, 7) is 0.641. The number of hydrogen-bond acceptors (Lipinski definition) is 5. The Bertz CT molecular complexity index is 663. The van der Waals surface area contributed by atoms with Crippen LogP contribution in [0.15, 0.2) is 39.5 Å². The van der Waals surface area contributed by atoms with Gasteiger partial charge in [0.05, 0.1) is 0 Å². The van der Waals surface area contributed by atoms with Gasteiger partial charge in [0.25, 0.3) is 0 Å². The average Bonchev–Trinajstić information content (AvgIpc) is 3.04. The second-order valence-corrected chi connectivity index (χ2v) is 6.20. The highest BCUT2D eigenvalue weighted by Gasteiger charge is 2.29. The van der Waals surface area contributed by atoms with Crippen molar-refractivity contribution in [1.29, 1.82) is 0 Å². The number of nitrogens with zero attached hydrogens (tertiary/aromatic N) is 1. The van der Waals surface area contributed by atoms with Crippen molar-refractivity contribution in [3.8, 4) is 0 Å². The van der Waals surface area contributed by atoms with Gasteiger partial charge in [0.1, 0.15) is 23.6 Å². The lowest BCUT2D eigenvalue weighted by Gasteiger charge is -2.27. The van der Waals surface area contributed by atoms with Gasteiger partial charge in [-0.2, -0.15) is 0 Å². The van der Waals surface area contributed by atoms with Crippen LogP contribution in [0.3, 0.4) is 0 Å². The number of ether oxygens (including phenoxy) is 2. The van der Waals surface area contributed by atoms with Gasteiger partial charge in [-0.25, -0.2) is 4.79 Å². The van der Waals surface area contributed by atoms with Crippen LogP contribution >= 0.6 is 15.9 Å². The van der Waals surface area contributed by atoms with Crippen molar-refractivity contribution in [3.63, 3.8) is 0 Å². The van der Waals surface area contributed by atoms with E-state index in [0.717, 1.165) is 35.6 Å². The van der Waals surface area contributed by atoms with Gasteiger partial charge in [-0.15, -0.1) is 0 Å². The minimum Gasteiger partial charge on any atom is -0.478 e. The fourth-order valence-electron chi connectivity index (χ4n) is 2.50. The number of hydrogen-bond donors (Lipinski definition) is 1. The summed E-state index contributed by atoms with van der Waals surface area (Å²) in [6.07, 6.45) is 2.88. The molecule has 1 aromatic carbocycles. The summed E-state index contributed by atoms with van der Waals surface area (Å²) in [5, 5.41) is 13.2. The Balaban J connectivity index is 1.93. The number of carbonyl (C=O) groups is 1. The molecule has 122 valence electrons. The smallest absolute Gasteiger partial charge is 0.341 e. The van der Waals surface area contributed by atoms with Gasteiger partial charge in [-0.05, 0) is 37.0 Å². The molecule has 1 aliphatic heterocycles. The molecule has 2 atom stereocenters. The van der Waals surface area contributed by atoms with Gasteiger partial charge in [-0.3, -0.25) is 0 Å². The molecule has 0 aliphatic carbocycles. The molecule has 1 aliphatic rings. The maximum atomic E-state index is 11.4. The third-order valence-electron chi connectivity index (χ3n) is 3.67. The Morgan fingerprint density at radius 3 is 2.78 bits per heavy atom. The van der Waals surface area contributed by atoms with Crippen LogP contribution in [0.4, 0.5) is 0 Å². The van der Waals surface area contributed by atoms with E-state index in [4.69, 9.17) is 14.0 Å². The highest BCUT2D eigenvalue weighted by atomic mass is 79.9. The minimum atomic E-state index is -1.10. The zero-order valence-corrected chi connectivity index (χ0v) is 13.9. The van der Waals surface area contributed by atoms with Crippen LogP contribution in [0.2, 0.25) is 0 Å². The predicted octanol–water partition coefficient (Wildman–Crippen LogP) is 3.77. The Hall–Kier alpha value is -1.70. The van der Waals surface area contributed by atoms with E-state index in [0.29, 0.717) is 6.61 Å². The minimum absolute atomic E-state index is 0.00581. The Morgan fingerprint density at radius 1 is 1.35 bits per heavy atom. The predicted molar refractivity (Wildman–Crippen MR) is 84.1 cm³/mol. The van der Waals surface area contributed by atoms with Crippen molar-refractivity contribution in [2.75, 3.05) is 6.61 Å². The number of aromatic carboxylic acids is 1. The van der Waals surface area contributed by atoms with Crippen LogP contribution < -0.4 is 0 Å². The van der Waals surface area contributed by atoms with E-state index in [-0.39, 0.29) is 17.5 Å². The second kappa shape index (κ2) is 7.25. The third kappa shape index (κ3) is 3.80. The van der Waals surface area contributed by atoms with Crippen molar-refractivity contribution >= 4 is 21.9 Å². The molecule has 1 N–H and O–H groups in total. The van der Waals surface area contributed by atoms with E-state index >= 15 is 0 Å². The third-order valence-corrected chi connectivity index (χ3v) is 4.20. The molecule has 6 nitrogen and oxygen atoms in total. The van der Waals surface area contributed by atoms with Crippen molar-refractivity contribution in [3.05, 3.63) is 51.8 Å². The molecule has 1 aromatic heterocycles. The molecule has 2 aromatic rings. The summed E-state index contributed by atoms with van der Waals surface area (Å²) >= 11 is 3.39. The lowest BCUT2D eigenvalue weighted by Crippen LogP contribution is -2.25. The van der Waals surface area contributed by atoms with Crippen molar-refractivity contribution in [2.24, 2.45) is 0 Å². The lowest BCUT2D eigenvalue weighted by atomic mass is 10.0. The van der Waals surface area contributed by atoms with E-state index in [1.807, 2.05) is 24.3 Å². The first-order valence-electron chi connectivity index (χ1n) is 7.35. The number of rotatable bonds is 5. The highest BCUT2D eigenvalue weighted by molar-refractivity contribution is 9.10. The van der Waals surface area contributed by atoms with Crippen LogP contribution in [0.25, 0.3) is 0 Å². The molecular formula is C16H16BrNO5. The number of carboxylic acid groups (broad SMARTS) is 1. The van der Waals surface area contributed by atoms with E-state index in [1.54, 1.807) is 0 Å². The summed E-state index contributed by atoms with van der Waals surface area (Å²) in [6, 6.07) is 7.46. The lowest BCUT2D eigenvalue weighted by molar-refractivity contribution is -0.182. The molecule has 0 saturated carbocycles. The molecule has 0 bridgehead atoms. The number of aromatic nitrogens is 1. The van der Waals surface area contributed by atoms with Crippen molar-refractivity contribution in [2.45, 2.75) is 31.7 Å². The maximum absolute atomic E-state index is 11.4. The van der Waals surface area contributed by atoms with Crippen LogP contribution in [0.5, 0.6) is 0 Å². The summed E-state index contributed by atoms with van der Waals surface area (Å²) in [7, 11) is 0. The maximum Gasteiger partial charge on any atom is 0.341 e. The van der Waals surface area contributed by atoms with Gasteiger partial charge >= 0.3 is 5.97 Å². The zero-order valence-electron chi connectivity index (χ0n) is 12.3. The van der Waals surface area contributed by atoms with Crippen LogP contribution in [-0.4, -0.2) is 29.1 Å². The van der Waals surface area contributed by atoms with E-state index in [9.17, 15) is 9.90 Å². The Labute approximate surface area is 141 Å². The number of carboxylic acids is 1. The van der Waals surface area contributed by atoms with Crippen LogP contribution in [0.1, 0.15) is 47.0 Å². The first kappa shape index (κ1) is 16.2. The first-order chi connectivity index (χ1) is 11.1. The normalized spacial score (nSPS) is 19.4. The topological polar surface area (TPSA) is 81.8 Å². The second-order valence-electron chi connectivity index (χ2n) is 5.28. The van der Waals surface area contributed by atoms with Gasteiger partial charge in [0.2, 0.25) is 0 Å². The zero-order chi connectivity index (χ0) is 16.2. The number of halogens is 1. The first-order valence-corrected chi connectivity index (χ1v) is 8.14. The van der Waals surface area contributed by atoms with Crippen LogP contribution in [-0.2, 0) is 9.47 Å². The van der Waals surface area contributed by atoms with Crippen molar-refractivity contribution in [1.82, 2.24) is 5.16 Å². The summed E-state index contributed by atoms with van der Waals surface area (Å²) in [5.74, 6) is -1.10. The van der Waals surface area contributed by atoms with E-state index in [1.165, 1.54) is 0 Å². The summed E-state index contributed by atoms with van der Waals surface area (Å²) in [5.41, 5.74) is 1.03. The average molecular weight is 382 g/mol. The Kier molecular flexibility index (Phi) is 5.09. The SMILES string of the molecule is O=C(O)c1conc1[C@@H](O[C@@H]1CCCCO1)c1ccc(Br)cc1. The molecule has 2 heterocycles. The van der Waals surface area contributed by atoms with E-state index in [2.05, 4.69) is 21.1 Å². The fourth-order valence-corrected chi connectivity index (χ4v) is 2.77. The molecular weight excluding hydrogens is 366 g/mol. The van der Waals surface area contributed by atoms with Gasteiger partial charge in [-0.1, -0.05) is 33.2 Å². The van der Waals surface area contributed by atoms with Gasteiger partial charge < -0.3 is 19.1 Å². The van der Waals surface area contributed by atoms with Gasteiger partial charge in [0.15, 0.2) is 6.29 Å². The molecule has 1 fully saturated rings. The molecule has 7 heteroatoms. The molecule has 0 radical (unpaired) electrons. The van der Waals surface area contributed by atoms with E-state index < -0.39 is 12.1 Å². The quantitative estimate of drug-likeness (QED) is 0.848. The highest BCUT2D eigenvalue weighted by Crippen LogP contribution is 2.32. The Morgan fingerprint density at radius 2 is 2.13 bits per heavy atom. The standard InChI is InChI=1S/C16H16BrNO5/c17-11-6-4-10(5-7-11)15(23-13-3-1-2-8-21-13)14-12(16(19)20)9-22-18-14/h4-7,9,13,15H,1-3,8H2,(H,19,20)/t13-,15+/m1/s1.